The topological polar surface area (TPSA) is 65.0 Å². The minimum absolute atomic E-state index is 0.0219. The maximum atomic E-state index is 11.4. The number of esters is 1. The Hall–Kier alpha value is -0.650. The van der Waals surface area contributed by atoms with E-state index in [1.165, 1.54) is 14.2 Å². The predicted octanol–water partition coefficient (Wildman–Crippen LogP) is 0.698. The van der Waals surface area contributed by atoms with E-state index in [4.69, 9.17) is 14.2 Å². The molecular formula is C10H20O5. The molecule has 15 heavy (non-hydrogen) atoms. The van der Waals surface area contributed by atoms with E-state index in [-0.39, 0.29) is 6.42 Å². The summed E-state index contributed by atoms with van der Waals surface area (Å²) in [7, 11) is 2.92. The average Bonchev–Trinajstić information content (AvgIpc) is 2.22. The molecule has 0 aliphatic heterocycles. The highest BCUT2D eigenvalue weighted by Crippen LogP contribution is 2.07. The normalized spacial score (nSPS) is 16.9. The lowest BCUT2D eigenvalue weighted by Gasteiger charge is -2.19. The summed E-state index contributed by atoms with van der Waals surface area (Å²) >= 11 is 0. The van der Waals surface area contributed by atoms with E-state index in [1.807, 2.05) is 6.92 Å². The molecule has 5 heteroatoms. The molecule has 0 radical (unpaired) electrons. The molecule has 0 fully saturated rings. The van der Waals surface area contributed by atoms with Crippen molar-refractivity contribution in [3.63, 3.8) is 0 Å². The first kappa shape index (κ1) is 14.3. The van der Waals surface area contributed by atoms with Crippen LogP contribution in [0.4, 0.5) is 0 Å². The van der Waals surface area contributed by atoms with Crippen LogP contribution in [0.3, 0.4) is 0 Å². The van der Waals surface area contributed by atoms with Gasteiger partial charge < -0.3 is 19.3 Å². The van der Waals surface area contributed by atoms with Crippen LogP contribution >= 0.6 is 0 Å². The first-order valence-electron chi connectivity index (χ1n) is 4.98. The van der Waals surface area contributed by atoms with E-state index in [0.717, 1.165) is 0 Å². The molecule has 0 aromatic carbocycles. The van der Waals surface area contributed by atoms with Crippen molar-refractivity contribution in [1.29, 1.82) is 0 Å². The quantitative estimate of drug-likeness (QED) is 0.505. The SMILES string of the molecule is CCC(OC)OC(=O)CC(OC)C(C)O. The fourth-order valence-electron chi connectivity index (χ4n) is 1.11. The lowest BCUT2D eigenvalue weighted by Crippen LogP contribution is -2.30. The Bertz CT molecular complexity index is 177. The molecule has 0 heterocycles. The molecule has 0 aromatic heterocycles. The molecule has 0 amide bonds. The summed E-state index contributed by atoms with van der Waals surface area (Å²) in [5.41, 5.74) is 0. The zero-order valence-electron chi connectivity index (χ0n) is 9.73. The molecular weight excluding hydrogens is 200 g/mol. The Morgan fingerprint density at radius 1 is 1.33 bits per heavy atom. The van der Waals surface area contributed by atoms with E-state index >= 15 is 0 Å². The van der Waals surface area contributed by atoms with Crippen molar-refractivity contribution < 1.29 is 24.1 Å². The van der Waals surface area contributed by atoms with Gasteiger partial charge in [0, 0.05) is 20.6 Å². The highest BCUT2D eigenvalue weighted by molar-refractivity contribution is 5.70. The van der Waals surface area contributed by atoms with Crippen molar-refractivity contribution in [1.82, 2.24) is 0 Å². The third-order valence-corrected chi connectivity index (χ3v) is 2.07. The molecule has 0 aliphatic rings. The highest BCUT2D eigenvalue weighted by atomic mass is 16.7. The van der Waals surface area contributed by atoms with Crippen LogP contribution in [-0.4, -0.2) is 43.8 Å². The molecule has 0 aromatic rings. The van der Waals surface area contributed by atoms with Gasteiger partial charge in [-0.25, -0.2) is 0 Å². The van der Waals surface area contributed by atoms with Crippen molar-refractivity contribution in [3.8, 4) is 0 Å². The summed E-state index contributed by atoms with van der Waals surface area (Å²) in [5, 5.41) is 9.25. The first-order chi connectivity index (χ1) is 7.04. The zero-order valence-corrected chi connectivity index (χ0v) is 9.73. The maximum Gasteiger partial charge on any atom is 0.310 e. The second-order valence-corrected chi connectivity index (χ2v) is 3.28. The van der Waals surface area contributed by atoms with Crippen LogP contribution in [0.15, 0.2) is 0 Å². The van der Waals surface area contributed by atoms with Gasteiger partial charge in [-0.3, -0.25) is 4.79 Å². The van der Waals surface area contributed by atoms with E-state index in [2.05, 4.69) is 0 Å². The van der Waals surface area contributed by atoms with Gasteiger partial charge in [0.1, 0.15) is 0 Å². The van der Waals surface area contributed by atoms with Gasteiger partial charge in [0.15, 0.2) is 0 Å². The fraction of sp³-hybridized carbons (Fsp3) is 0.900. The van der Waals surface area contributed by atoms with Gasteiger partial charge in [0.25, 0.3) is 0 Å². The predicted molar refractivity (Wildman–Crippen MR) is 54.3 cm³/mol. The third kappa shape index (κ3) is 5.71. The Kier molecular flexibility index (Phi) is 7.29. The largest absolute Gasteiger partial charge is 0.436 e. The van der Waals surface area contributed by atoms with E-state index in [0.29, 0.717) is 6.42 Å². The van der Waals surface area contributed by atoms with Crippen LogP contribution in [0, 0.1) is 0 Å². The van der Waals surface area contributed by atoms with Crippen LogP contribution in [0.2, 0.25) is 0 Å². The number of aliphatic hydroxyl groups excluding tert-OH is 1. The van der Waals surface area contributed by atoms with Gasteiger partial charge in [0.2, 0.25) is 6.29 Å². The number of carbonyl (C=O) groups is 1. The summed E-state index contributed by atoms with van der Waals surface area (Å²) in [6.45, 7) is 3.42. The Balaban J connectivity index is 4.00. The molecule has 0 bridgehead atoms. The Morgan fingerprint density at radius 2 is 1.93 bits per heavy atom. The van der Waals surface area contributed by atoms with Crippen molar-refractivity contribution in [3.05, 3.63) is 0 Å². The summed E-state index contributed by atoms with van der Waals surface area (Å²) in [6.07, 6.45) is -1.15. The van der Waals surface area contributed by atoms with Gasteiger partial charge in [-0.05, 0) is 6.92 Å². The van der Waals surface area contributed by atoms with Crippen molar-refractivity contribution in [2.45, 2.75) is 45.2 Å². The minimum atomic E-state index is -0.704. The van der Waals surface area contributed by atoms with Crippen LogP contribution in [0.5, 0.6) is 0 Å². The van der Waals surface area contributed by atoms with E-state index in [1.54, 1.807) is 6.92 Å². The Morgan fingerprint density at radius 3 is 2.27 bits per heavy atom. The lowest BCUT2D eigenvalue weighted by atomic mass is 10.1. The Labute approximate surface area is 90.3 Å². The van der Waals surface area contributed by atoms with Crippen molar-refractivity contribution in [2.24, 2.45) is 0 Å². The van der Waals surface area contributed by atoms with Crippen LogP contribution < -0.4 is 0 Å². The third-order valence-electron chi connectivity index (χ3n) is 2.07. The van der Waals surface area contributed by atoms with Crippen LogP contribution in [-0.2, 0) is 19.0 Å². The van der Waals surface area contributed by atoms with Crippen molar-refractivity contribution in [2.75, 3.05) is 14.2 Å². The molecule has 0 saturated carbocycles. The number of methoxy groups -OCH3 is 2. The molecule has 3 unspecified atom stereocenters. The van der Waals surface area contributed by atoms with Crippen LogP contribution in [0.1, 0.15) is 26.7 Å². The molecule has 5 nitrogen and oxygen atoms in total. The maximum absolute atomic E-state index is 11.4. The molecule has 0 aliphatic carbocycles. The number of rotatable bonds is 7. The summed E-state index contributed by atoms with van der Waals surface area (Å²) in [6, 6.07) is 0. The fourth-order valence-corrected chi connectivity index (χ4v) is 1.11. The van der Waals surface area contributed by atoms with Crippen LogP contribution in [0.25, 0.3) is 0 Å². The number of hydrogen-bond donors (Lipinski definition) is 1. The van der Waals surface area contributed by atoms with Gasteiger partial charge in [-0.1, -0.05) is 6.92 Å². The summed E-state index contributed by atoms with van der Waals surface area (Å²) < 4.78 is 14.8. The molecule has 1 N–H and O–H groups in total. The number of carbonyl (C=O) groups excluding carboxylic acids is 1. The average molecular weight is 220 g/mol. The van der Waals surface area contributed by atoms with E-state index < -0.39 is 24.5 Å². The zero-order chi connectivity index (χ0) is 11.8. The standard InChI is InChI=1S/C10H20O5/c1-5-10(14-4)15-9(12)6-8(13-3)7(2)11/h7-8,10-11H,5-6H2,1-4H3. The smallest absolute Gasteiger partial charge is 0.310 e. The molecule has 0 rings (SSSR count). The molecule has 3 atom stereocenters. The summed E-state index contributed by atoms with van der Waals surface area (Å²) in [5.74, 6) is -0.434. The molecule has 0 spiro atoms. The number of aliphatic hydroxyl groups is 1. The van der Waals surface area contributed by atoms with E-state index in [9.17, 15) is 9.90 Å². The van der Waals surface area contributed by atoms with Gasteiger partial charge >= 0.3 is 5.97 Å². The molecule has 90 valence electrons. The van der Waals surface area contributed by atoms with Crippen molar-refractivity contribution >= 4 is 5.97 Å². The lowest BCUT2D eigenvalue weighted by molar-refractivity contribution is -0.177. The van der Waals surface area contributed by atoms with Gasteiger partial charge in [-0.15, -0.1) is 0 Å². The number of ether oxygens (including phenoxy) is 3. The van der Waals surface area contributed by atoms with Gasteiger partial charge in [0.05, 0.1) is 18.6 Å². The van der Waals surface area contributed by atoms with Gasteiger partial charge in [-0.2, -0.15) is 0 Å². The monoisotopic (exact) mass is 220 g/mol. The second kappa shape index (κ2) is 7.62. The highest BCUT2D eigenvalue weighted by Gasteiger charge is 2.21. The minimum Gasteiger partial charge on any atom is -0.436 e. The molecule has 0 saturated heterocycles. The number of hydrogen-bond acceptors (Lipinski definition) is 5. The second-order valence-electron chi connectivity index (χ2n) is 3.28. The first-order valence-corrected chi connectivity index (χ1v) is 4.98. The summed E-state index contributed by atoms with van der Waals surface area (Å²) in [4.78, 5) is 11.4.